The molecule has 1 amide bonds. The Kier molecular flexibility index (Phi) is 11.6. The van der Waals surface area contributed by atoms with Crippen molar-refractivity contribution in [2.75, 3.05) is 26.7 Å². The fourth-order valence-corrected chi connectivity index (χ4v) is 4.05. The molecule has 176 valence electrons. The van der Waals surface area contributed by atoms with Crippen LogP contribution in [-0.2, 0) is 13.1 Å². The number of amides is 1. The summed E-state index contributed by atoms with van der Waals surface area (Å²) in [5.74, 6) is 1.39. The number of nitrogens with zero attached hydrogens (tertiary/aromatic N) is 2. The van der Waals surface area contributed by atoms with Crippen LogP contribution in [0.15, 0.2) is 52.1 Å². The second-order valence-corrected chi connectivity index (χ2v) is 7.91. The highest BCUT2D eigenvalue weighted by atomic mass is 127. The zero-order chi connectivity index (χ0) is 21.9. The molecule has 2 heterocycles. The molecule has 0 spiro atoms. The van der Waals surface area contributed by atoms with Crippen LogP contribution in [0.3, 0.4) is 0 Å². The van der Waals surface area contributed by atoms with Gasteiger partial charge in [-0.1, -0.05) is 25.5 Å². The van der Waals surface area contributed by atoms with E-state index in [1.807, 2.05) is 36.4 Å². The number of aliphatic imine (C=N–C) groups is 1. The van der Waals surface area contributed by atoms with Crippen LogP contribution >= 0.6 is 24.0 Å². The summed E-state index contributed by atoms with van der Waals surface area (Å²) in [6, 6.07) is 12.0. The summed E-state index contributed by atoms with van der Waals surface area (Å²) in [5.41, 5.74) is 1.65. The van der Waals surface area contributed by atoms with E-state index >= 15 is 0 Å². The van der Waals surface area contributed by atoms with Crippen LogP contribution in [0.5, 0.6) is 0 Å². The highest BCUT2D eigenvalue weighted by molar-refractivity contribution is 14.0. The number of halogens is 1. The maximum absolute atomic E-state index is 12.4. The van der Waals surface area contributed by atoms with Crippen molar-refractivity contribution in [1.29, 1.82) is 0 Å². The molecule has 1 unspecified atom stereocenters. The van der Waals surface area contributed by atoms with E-state index < -0.39 is 0 Å². The number of carbonyl (C=O) groups is 1. The molecule has 1 aliphatic heterocycles. The van der Waals surface area contributed by atoms with Crippen molar-refractivity contribution < 1.29 is 9.21 Å². The van der Waals surface area contributed by atoms with E-state index in [0.29, 0.717) is 24.7 Å². The van der Waals surface area contributed by atoms with E-state index in [-0.39, 0.29) is 29.9 Å². The molecule has 3 N–H and O–H groups in total. The first kappa shape index (κ1) is 26.2. The molecule has 1 saturated heterocycles. The highest BCUT2D eigenvalue weighted by Gasteiger charge is 2.19. The van der Waals surface area contributed by atoms with Gasteiger partial charge in [0, 0.05) is 38.3 Å². The lowest BCUT2D eigenvalue weighted by atomic mass is 10.0. The number of rotatable bonds is 9. The van der Waals surface area contributed by atoms with E-state index in [2.05, 4.69) is 32.8 Å². The van der Waals surface area contributed by atoms with E-state index in [0.717, 1.165) is 30.4 Å². The summed E-state index contributed by atoms with van der Waals surface area (Å²) in [6.07, 6.45) is 6.79. The second kappa shape index (κ2) is 14.2. The van der Waals surface area contributed by atoms with Gasteiger partial charge in [-0.3, -0.25) is 14.7 Å². The Morgan fingerprint density at radius 3 is 2.78 bits per heavy atom. The first-order chi connectivity index (χ1) is 15.2. The van der Waals surface area contributed by atoms with Gasteiger partial charge in [-0.2, -0.15) is 0 Å². The monoisotopic (exact) mass is 553 g/mol. The lowest BCUT2D eigenvalue weighted by molar-refractivity contribution is 0.0948. The standard InChI is InChI=1S/C24H35N5O2.HI/c1-3-21-10-4-5-13-29(21)14-12-26-24(25-2)28-17-19-8-6-9-20(16-19)23(30)27-18-22-11-7-15-31-22;/h6-9,11,15-16,21H,3-5,10,12-14,17-18H2,1-2H3,(H,27,30)(H2,25,26,28);1H. The number of benzene rings is 1. The van der Waals surface area contributed by atoms with Gasteiger partial charge in [0.2, 0.25) is 0 Å². The van der Waals surface area contributed by atoms with E-state index in [4.69, 9.17) is 4.42 Å². The molecule has 1 aromatic carbocycles. The van der Waals surface area contributed by atoms with Crippen molar-refractivity contribution in [3.8, 4) is 0 Å². The summed E-state index contributed by atoms with van der Waals surface area (Å²) < 4.78 is 5.26. The van der Waals surface area contributed by atoms with Gasteiger partial charge in [0.05, 0.1) is 12.8 Å². The van der Waals surface area contributed by atoms with Gasteiger partial charge in [-0.15, -0.1) is 24.0 Å². The van der Waals surface area contributed by atoms with Crippen LogP contribution in [0.2, 0.25) is 0 Å². The quantitative estimate of drug-likeness (QED) is 0.251. The van der Waals surface area contributed by atoms with Crippen LogP contribution < -0.4 is 16.0 Å². The molecule has 0 aliphatic carbocycles. The number of hydrogen-bond acceptors (Lipinski definition) is 4. The van der Waals surface area contributed by atoms with Gasteiger partial charge < -0.3 is 20.4 Å². The van der Waals surface area contributed by atoms with Gasteiger partial charge in [0.15, 0.2) is 5.96 Å². The number of hydrogen-bond donors (Lipinski definition) is 3. The van der Waals surface area contributed by atoms with Crippen molar-refractivity contribution in [2.24, 2.45) is 4.99 Å². The number of piperidine rings is 1. The van der Waals surface area contributed by atoms with Gasteiger partial charge in [0.1, 0.15) is 5.76 Å². The van der Waals surface area contributed by atoms with E-state index in [1.165, 1.54) is 32.2 Å². The first-order valence-electron chi connectivity index (χ1n) is 11.3. The molecular formula is C24H36IN5O2. The van der Waals surface area contributed by atoms with Gasteiger partial charge in [0.25, 0.3) is 5.91 Å². The summed E-state index contributed by atoms with van der Waals surface area (Å²) in [5, 5.41) is 9.63. The van der Waals surface area contributed by atoms with Gasteiger partial charge in [-0.05, 0) is 55.6 Å². The Labute approximate surface area is 208 Å². The third kappa shape index (κ3) is 8.12. The number of likely N-dealkylation sites (tertiary alicyclic amines) is 1. The van der Waals surface area contributed by atoms with Crippen molar-refractivity contribution in [2.45, 2.75) is 51.7 Å². The minimum atomic E-state index is -0.118. The van der Waals surface area contributed by atoms with Crippen molar-refractivity contribution in [3.63, 3.8) is 0 Å². The lowest BCUT2D eigenvalue weighted by Gasteiger charge is -2.35. The maximum Gasteiger partial charge on any atom is 0.251 e. The van der Waals surface area contributed by atoms with Crippen molar-refractivity contribution >= 4 is 35.8 Å². The summed E-state index contributed by atoms with van der Waals surface area (Å²) in [4.78, 5) is 19.3. The summed E-state index contributed by atoms with van der Waals surface area (Å²) >= 11 is 0. The Bertz CT molecular complexity index is 841. The number of nitrogens with one attached hydrogen (secondary N) is 3. The average Bonchev–Trinajstić information content (AvgIpc) is 3.34. The van der Waals surface area contributed by atoms with E-state index in [9.17, 15) is 4.79 Å². The second-order valence-electron chi connectivity index (χ2n) is 7.91. The Balaban J connectivity index is 0.00000363. The molecular weight excluding hydrogens is 517 g/mol. The van der Waals surface area contributed by atoms with Gasteiger partial charge >= 0.3 is 0 Å². The SMILES string of the molecule is CCC1CCCCN1CCNC(=NC)NCc1cccc(C(=O)NCc2ccco2)c1.I. The van der Waals surface area contributed by atoms with E-state index in [1.54, 1.807) is 13.3 Å². The molecule has 8 heteroatoms. The summed E-state index contributed by atoms with van der Waals surface area (Å²) in [7, 11) is 1.78. The fourth-order valence-electron chi connectivity index (χ4n) is 4.05. The molecule has 0 saturated carbocycles. The van der Waals surface area contributed by atoms with Crippen LogP contribution in [0.25, 0.3) is 0 Å². The molecule has 0 radical (unpaired) electrons. The largest absolute Gasteiger partial charge is 0.467 e. The zero-order valence-electron chi connectivity index (χ0n) is 19.1. The highest BCUT2D eigenvalue weighted by Crippen LogP contribution is 2.18. The minimum absolute atomic E-state index is 0. The molecule has 1 atom stereocenters. The minimum Gasteiger partial charge on any atom is -0.467 e. The molecule has 1 aromatic heterocycles. The Morgan fingerprint density at radius 1 is 1.16 bits per heavy atom. The zero-order valence-corrected chi connectivity index (χ0v) is 21.4. The van der Waals surface area contributed by atoms with Crippen LogP contribution in [0.1, 0.15) is 54.3 Å². The molecule has 7 nitrogen and oxygen atoms in total. The maximum atomic E-state index is 12.4. The topological polar surface area (TPSA) is 81.9 Å². The normalized spacial score (nSPS) is 16.8. The summed E-state index contributed by atoms with van der Waals surface area (Å²) in [6.45, 7) is 6.35. The Morgan fingerprint density at radius 2 is 2.03 bits per heavy atom. The number of furan rings is 1. The fraction of sp³-hybridized carbons (Fsp3) is 0.500. The Hall–Kier alpha value is -2.07. The molecule has 1 fully saturated rings. The third-order valence-corrected chi connectivity index (χ3v) is 5.79. The number of guanidine groups is 1. The average molecular weight is 553 g/mol. The smallest absolute Gasteiger partial charge is 0.251 e. The third-order valence-electron chi connectivity index (χ3n) is 5.79. The molecule has 1 aliphatic rings. The van der Waals surface area contributed by atoms with Crippen LogP contribution in [0, 0.1) is 0 Å². The van der Waals surface area contributed by atoms with Crippen LogP contribution in [-0.4, -0.2) is 49.5 Å². The predicted molar refractivity (Wildman–Crippen MR) is 139 cm³/mol. The molecule has 32 heavy (non-hydrogen) atoms. The predicted octanol–water partition coefficient (Wildman–Crippen LogP) is 3.76. The van der Waals surface area contributed by atoms with Crippen molar-refractivity contribution in [3.05, 3.63) is 59.5 Å². The molecule has 3 rings (SSSR count). The number of carbonyl (C=O) groups excluding carboxylic acids is 1. The lowest BCUT2D eigenvalue weighted by Crippen LogP contribution is -2.45. The first-order valence-corrected chi connectivity index (χ1v) is 11.3. The molecule has 0 bridgehead atoms. The van der Waals surface area contributed by atoms with Crippen molar-refractivity contribution in [1.82, 2.24) is 20.9 Å². The molecule has 2 aromatic rings. The van der Waals surface area contributed by atoms with Gasteiger partial charge in [-0.25, -0.2) is 0 Å². The van der Waals surface area contributed by atoms with Crippen LogP contribution in [0.4, 0.5) is 0 Å².